The summed E-state index contributed by atoms with van der Waals surface area (Å²) in [6, 6.07) is 14.8. The van der Waals surface area contributed by atoms with Gasteiger partial charge in [0.25, 0.3) is 0 Å². The van der Waals surface area contributed by atoms with E-state index < -0.39 is 6.10 Å². The average Bonchev–Trinajstić information content (AvgIpc) is 2.44. The van der Waals surface area contributed by atoms with Crippen molar-refractivity contribution in [1.29, 1.82) is 0 Å². The molecule has 4 nitrogen and oxygen atoms in total. The van der Waals surface area contributed by atoms with E-state index in [1.807, 2.05) is 62.4 Å². The number of aliphatic hydroxyl groups excluding tert-OH is 1. The van der Waals surface area contributed by atoms with E-state index in [0.717, 1.165) is 22.4 Å². The first-order chi connectivity index (χ1) is 10.0. The summed E-state index contributed by atoms with van der Waals surface area (Å²) in [7, 11) is 0. The second-order valence-corrected chi connectivity index (χ2v) is 5.14. The Bertz CT molecular complexity index is 591. The number of aryl methyl sites for hydroxylation is 2. The van der Waals surface area contributed by atoms with Crippen LogP contribution in [0.2, 0.25) is 0 Å². The fraction of sp³-hybridized carbons (Fsp3) is 0.235. The number of rotatable bonds is 4. The quantitative estimate of drug-likeness (QED) is 0.807. The van der Waals surface area contributed by atoms with Crippen LogP contribution < -0.4 is 10.6 Å². The molecule has 21 heavy (non-hydrogen) atoms. The van der Waals surface area contributed by atoms with E-state index in [-0.39, 0.29) is 12.6 Å². The van der Waals surface area contributed by atoms with Crippen LogP contribution in [0.25, 0.3) is 0 Å². The van der Waals surface area contributed by atoms with E-state index in [2.05, 4.69) is 10.6 Å². The Hall–Kier alpha value is -2.33. The molecule has 110 valence electrons. The molecule has 3 N–H and O–H groups in total. The summed E-state index contributed by atoms with van der Waals surface area (Å²) >= 11 is 0. The molecule has 0 aliphatic carbocycles. The predicted octanol–water partition coefficient (Wildman–Crippen LogP) is 3.16. The number of hydrogen-bond acceptors (Lipinski definition) is 2. The fourth-order valence-corrected chi connectivity index (χ4v) is 2.20. The van der Waals surface area contributed by atoms with Gasteiger partial charge >= 0.3 is 6.03 Å². The lowest BCUT2D eigenvalue weighted by Crippen LogP contribution is -2.32. The summed E-state index contributed by atoms with van der Waals surface area (Å²) in [6.45, 7) is 4.13. The lowest BCUT2D eigenvalue weighted by atomic mass is 10.1. The molecule has 2 rings (SSSR count). The van der Waals surface area contributed by atoms with E-state index in [1.165, 1.54) is 0 Å². The molecule has 0 radical (unpaired) electrons. The van der Waals surface area contributed by atoms with Gasteiger partial charge in [-0.25, -0.2) is 4.79 Å². The molecule has 0 unspecified atom stereocenters. The molecule has 0 fully saturated rings. The summed E-state index contributed by atoms with van der Waals surface area (Å²) in [5.74, 6) is 0. The zero-order valence-corrected chi connectivity index (χ0v) is 12.3. The molecular formula is C17H20N2O2. The molecular weight excluding hydrogens is 264 g/mol. The minimum Gasteiger partial charge on any atom is -0.387 e. The van der Waals surface area contributed by atoms with E-state index in [9.17, 15) is 9.90 Å². The van der Waals surface area contributed by atoms with Gasteiger partial charge in [0.1, 0.15) is 0 Å². The first kappa shape index (κ1) is 15.1. The van der Waals surface area contributed by atoms with Crippen LogP contribution in [-0.2, 0) is 0 Å². The number of anilines is 1. The van der Waals surface area contributed by atoms with Gasteiger partial charge in [0.15, 0.2) is 0 Å². The van der Waals surface area contributed by atoms with Crippen LogP contribution in [0.1, 0.15) is 22.8 Å². The maximum atomic E-state index is 11.8. The van der Waals surface area contributed by atoms with Crippen molar-refractivity contribution in [2.24, 2.45) is 0 Å². The molecule has 2 aromatic carbocycles. The molecule has 0 aliphatic heterocycles. The summed E-state index contributed by atoms with van der Waals surface area (Å²) in [5, 5.41) is 15.4. The third-order valence-electron chi connectivity index (χ3n) is 3.12. The Morgan fingerprint density at radius 2 is 1.71 bits per heavy atom. The van der Waals surface area contributed by atoms with Crippen LogP contribution in [0.4, 0.5) is 10.5 Å². The Balaban J connectivity index is 1.87. The third kappa shape index (κ3) is 4.61. The number of benzene rings is 2. The van der Waals surface area contributed by atoms with Crippen molar-refractivity contribution < 1.29 is 9.90 Å². The van der Waals surface area contributed by atoms with Crippen LogP contribution in [0.5, 0.6) is 0 Å². The molecule has 1 atom stereocenters. The van der Waals surface area contributed by atoms with E-state index in [4.69, 9.17) is 0 Å². The van der Waals surface area contributed by atoms with Gasteiger partial charge in [0.2, 0.25) is 0 Å². The standard InChI is InChI=1S/C17H20N2O2/c1-12-8-13(2)10-15(9-12)19-17(21)18-11-16(20)14-6-4-3-5-7-14/h3-10,16,20H,11H2,1-2H3,(H2,18,19,21)/t16-/m1/s1. The van der Waals surface area contributed by atoms with Crippen LogP contribution in [0.15, 0.2) is 48.5 Å². The predicted molar refractivity (Wildman–Crippen MR) is 84.3 cm³/mol. The highest BCUT2D eigenvalue weighted by Crippen LogP contribution is 2.14. The Morgan fingerprint density at radius 1 is 1.10 bits per heavy atom. The van der Waals surface area contributed by atoms with Crippen LogP contribution in [-0.4, -0.2) is 17.7 Å². The van der Waals surface area contributed by atoms with Crippen LogP contribution >= 0.6 is 0 Å². The van der Waals surface area contributed by atoms with Gasteiger partial charge in [-0.1, -0.05) is 36.4 Å². The Kier molecular flexibility index (Phi) is 4.95. The number of carbonyl (C=O) groups is 1. The summed E-state index contributed by atoms with van der Waals surface area (Å²) in [5.41, 5.74) is 3.72. The molecule has 2 aromatic rings. The van der Waals surface area contributed by atoms with E-state index in [0.29, 0.717) is 0 Å². The maximum Gasteiger partial charge on any atom is 0.319 e. The lowest BCUT2D eigenvalue weighted by molar-refractivity contribution is 0.175. The Labute approximate surface area is 124 Å². The SMILES string of the molecule is Cc1cc(C)cc(NC(=O)NC[C@@H](O)c2ccccc2)c1. The number of hydrogen-bond donors (Lipinski definition) is 3. The monoisotopic (exact) mass is 284 g/mol. The smallest absolute Gasteiger partial charge is 0.319 e. The van der Waals surface area contributed by atoms with Crippen molar-refractivity contribution in [1.82, 2.24) is 5.32 Å². The van der Waals surface area contributed by atoms with Gasteiger partial charge in [-0.15, -0.1) is 0 Å². The van der Waals surface area contributed by atoms with Gasteiger partial charge in [-0.3, -0.25) is 0 Å². The summed E-state index contributed by atoms with van der Waals surface area (Å²) in [4.78, 5) is 11.8. The maximum absolute atomic E-state index is 11.8. The molecule has 2 amide bonds. The summed E-state index contributed by atoms with van der Waals surface area (Å²) < 4.78 is 0. The Morgan fingerprint density at radius 3 is 2.33 bits per heavy atom. The molecule has 0 aromatic heterocycles. The first-order valence-corrected chi connectivity index (χ1v) is 6.91. The number of urea groups is 1. The largest absolute Gasteiger partial charge is 0.387 e. The minimum absolute atomic E-state index is 0.167. The highest BCUT2D eigenvalue weighted by atomic mass is 16.3. The van der Waals surface area contributed by atoms with E-state index in [1.54, 1.807) is 0 Å². The second kappa shape index (κ2) is 6.90. The molecule has 4 heteroatoms. The second-order valence-electron chi connectivity index (χ2n) is 5.14. The first-order valence-electron chi connectivity index (χ1n) is 6.91. The fourth-order valence-electron chi connectivity index (χ4n) is 2.20. The molecule has 0 bridgehead atoms. The molecule has 0 saturated carbocycles. The number of carbonyl (C=O) groups excluding carboxylic acids is 1. The zero-order chi connectivity index (χ0) is 15.2. The van der Waals surface area contributed by atoms with Gasteiger partial charge in [0, 0.05) is 12.2 Å². The van der Waals surface area contributed by atoms with Crippen LogP contribution in [0, 0.1) is 13.8 Å². The van der Waals surface area contributed by atoms with Crippen molar-refractivity contribution in [2.45, 2.75) is 20.0 Å². The molecule has 0 spiro atoms. The molecule has 0 saturated heterocycles. The minimum atomic E-state index is -0.712. The van der Waals surface area contributed by atoms with Crippen molar-refractivity contribution in [3.8, 4) is 0 Å². The molecule has 0 aliphatic rings. The van der Waals surface area contributed by atoms with Crippen molar-refractivity contribution in [3.05, 3.63) is 65.2 Å². The number of aliphatic hydroxyl groups is 1. The number of amides is 2. The summed E-state index contributed by atoms with van der Waals surface area (Å²) in [6.07, 6.45) is -0.712. The highest BCUT2D eigenvalue weighted by Gasteiger charge is 2.09. The van der Waals surface area contributed by atoms with Gasteiger partial charge in [-0.05, 0) is 42.7 Å². The zero-order valence-electron chi connectivity index (χ0n) is 12.3. The third-order valence-corrected chi connectivity index (χ3v) is 3.12. The van der Waals surface area contributed by atoms with Gasteiger partial charge in [-0.2, -0.15) is 0 Å². The van der Waals surface area contributed by atoms with E-state index >= 15 is 0 Å². The van der Waals surface area contributed by atoms with Crippen molar-refractivity contribution in [2.75, 3.05) is 11.9 Å². The average molecular weight is 284 g/mol. The van der Waals surface area contributed by atoms with Gasteiger partial charge < -0.3 is 15.7 Å². The van der Waals surface area contributed by atoms with Crippen molar-refractivity contribution in [3.63, 3.8) is 0 Å². The normalized spacial score (nSPS) is 11.8. The number of nitrogens with one attached hydrogen (secondary N) is 2. The topological polar surface area (TPSA) is 61.4 Å². The van der Waals surface area contributed by atoms with Crippen LogP contribution in [0.3, 0.4) is 0 Å². The highest BCUT2D eigenvalue weighted by molar-refractivity contribution is 5.89. The van der Waals surface area contributed by atoms with Crippen molar-refractivity contribution >= 4 is 11.7 Å². The lowest BCUT2D eigenvalue weighted by Gasteiger charge is -2.13. The van der Waals surface area contributed by atoms with Gasteiger partial charge in [0.05, 0.1) is 6.10 Å². The molecule has 0 heterocycles.